The topological polar surface area (TPSA) is 64.0 Å². The molecule has 1 aliphatic heterocycles. The molecule has 0 saturated heterocycles. The zero-order chi connectivity index (χ0) is 17.4. The fraction of sp³-hybridized carbons (Fsp3) is 0.111. The molecule has 7 heteroatoms. The van der Waals surface area contributed by atoms with Crippen LogP contribution in [-0.2, 0) is 22.3 Å². The van der Waals surface area contributed by atoms with Crippen molar-refractivity contribution in [3.63, 3.8) is 0 Å². The fourth-order valence-corrected chi connectivity index (χ4v) is 4.27. The lowest BCUT2D eigenvalue weighted by Crippen LogP contribution is -2.16. The van der Waals surface area contributed by atoms with Crippen molar-refractivity contribution in [2.24, 2.45) is 0 Å². The van der Waals surface area contributed by atoms with E-state index in [0.717, 1.165) is 16.9 Å². The molecule has 2 heterocycles. The van der Waals surface area contributed by atoms with Crippen LogP contribution >= 0.6 is 11.6 Å². The van der Waals surface area contributed by atoms with E-state index >= 15 is 0 Å². The van der Waals surface area contributed by atoms with E-state index < -0.39 is 10.8 Å². The summed E-state index contributed by atoms with van der Waals surface area (Å²) in [5.41, 5.74) is 2.87. The third-order valence-electron chi connectivity index (χ3n) is 3.99. The van der Waals surface area contributed by atoms with Crippen molar-refractivity contribution in [2.45, 2.75) is 11.5 Å². The molecule has 4 rings (SSSR count). The Morgan fingerprint density at radius 3 is 2.68 bits per heavy atom. The van der Waals surface area contributed by atoms with Gasteiger partial charge in [-0.25, -0.2) is 4.68 Å². The molecular weight excluding hydrogens is 358 g/mol. The fourth-order valence-electron chi connectivity index (χ4n) is 2.82. The Morgan fingerprint density at radius 1 is 1.12 bits per heavy atom. The molecule has 0 aliphatic carbocycles. The third kappa shape index (κ3) is 3.10. The van der Waals surface area contributed by atoms with Gasteiger partial charge in [0.25, 0.3) is 5.91 Å². The van der Waals surface area contributed by atoms with Crippen LogP contribution in [0.4, 0.5) is 5.82 Å². The van der Waals surface area contributed by atoms with Gasteiger partial charge in [-0.2, -0.15) is 5.10 Å². The third-order valence-corrected chi connectivity index (χ3v) is 5.43. The lowest BCUT2D eigenvalue weighted by molar-refractivity contribution is 0.102. The number of rotatable bonds is 3. The maximum atomic E-state index is 12.6. The lowest BCUT2D eigenvalue weighted by Gasteiger charge is -2.11. The predicted molar refractivity (Wildman–Crippen MR) is 98.5 cm³/mol. The van der Waals surface area contributed by atoms with Crippen LogP contribution in [0.1, 0.15) is 21.6 Å². The quantitative estimate of drug-likeness (QED) is 0.765. The maximum Gasteiger partial charge on any atom is 0.256 e. The van der Waals surface area contributed by atoms with Gasteiger partial charge in [-0.1, -0.05) is 35.9 Å². The SMILES string of the molecule is O=C(Nc1c2c(nn1-c1cccc(Cl)c1)C[S@@](=O)C2)c1ccccc1. The number of carbonyl (C=O) groups is 1. The van der Waals surface area contributed by atoms with Gasteiger partial charge in [-0.3, -0.25) is 9.00 Å². The van der Waals surface area contributed by atoms with Crippen LogP contribution in [0, 0.1) is 0 Å². The minimum Gasteiger partial charge on any atom is -0.306 e. The first-order valence-corrected chi connectivity index (χ1v) is 9.56. The van der Waals surface area contributed by atoms with Crippen molar-refractivity contribution in [1.82, 2.24) is 9.78 Å². The van der Waals surface area contributed by atoms with Crippen molar-refractivity contribution in [2.75, 3.05) is 5.32 Å². The summed E-state index contributed by atoms with van der Waals surface area (Å²) in [5, 5.41) is 8.06. The second-order valence-corrected chi connectivity index (χ2v) is 7.61. The number of fused-ring (bicyclic) bond motifs is 1. The first kappa shape index (κ1) is 16.1. The number of benzene rings is 2. The molecule has 0 fully saturated rings. The van der Waals surface area contributed by atoms with Crippen molar-refractivity contribution >= 4 is 34.1 Å². The molecule has 0 radical (unpaired) electrons. The van der Waals surface area contributed by atoms with E-state index in [1.165, 1.54) is 0 Å². The summed E-state index contributed by atoms with van der Waals surface area (Å²) < 4.78 is 13.6. The van der Waals surface area contributed by atoms with Gasteiger partial charge in [-0.15, -0.1) is 0 Å². The van der Waals surface area contributed by atoms with E-state index in [1.807, 2.05) is 30.3 Å². The summed E-state index contributed by atoms with van der Waals surface area (Å²) >= 11 is 6.09. The number of hydrogen-bond donors (Lipinski definition) is 1. The number of anilines is 1. The van der Waals surface area contributed by atoms with Crippen LogP contribution < -0.4 is 5.32 Å². The van der Waals surface area contributed by atoms with E-state index in [2.05, 4.69) is 10.4 Å². The van der Waals surface area contributed by atoms with E-state index in [0.29, 0.717) is 27.9 Å². The first-order chi connectivity index (χ1) is 12.1. The van der Waals surface area contributed by atoms with E-state index in [-0.39, 0.29) is 5.91 Å². The van der Waals surface area contributed by atoms with Crippen LogP contribution in [0.5, 0.6) is 0 Å². The van der Waals surface area contributed by atoms with E-state index in [1.54, 1.807) is 28.9 Å². The molecule has 1 N–H and O–H groups in total. The number of nitrogens with one attached hydrogen (secondary N) is 1. The number of halogens is 1. The monoisotopic (exact) mass is 371 g/mol. The van der Waals surface area contributed by atoms with Gasteiger partial charge >= 0.3 is 0 Å². The zero-order valence-electron chi connectivity index (χ0n) is 13.1. The molecule has 25 heavy (non-hydrogen) atoms. The lowest BCUT2D eigenvalue weighted by atomic mass is 10.2. The summed E-state index contributed by atoms with van der Waals surface area (Å²) in [4.78, 5) is 12.6. The molecule has 0 bridgehead atoms. The number of aromatic nitrogens is 2. The van der Waals surface area contributed by atoms with Crippen molar-refractivity contribution in [3.05, 3.63) is 76.4 Å². The maximum absolute atomic E-state index is 12.6. The summed E-state index contributed by atoms with van der Waals surface area (Å²) in [6.07, 6.45) is 0. The van der Waals surface area contributed by atoms with Gasteiger partial charge in [0.2, 0.25) is 0 Å². The molecule has 3 aromatic rings. The minimum atomic E-state index is -0.980. The second-order valence-electron chi connectivity index (χ2n) is 5.71. The summed E-state index contributed by atoms with van der Waals surface area (Å²) in [6.45, 7) is 0. The Morgan fingerprint density at radius 2 is 1.92 bits per heavy atom. The molecule has 5 nitrogen and oxygen atoms in total. The summed E-state index contributed by atoms with van der Waals surface area (Å²) in [6, 6.07) is 16.2. The molecule has 1 aromatic heterocycles. The Balaban J connectivity index is 1.77. The van der Waals surface area contributed by atoms with Gasteiger partial charge < -0.3 is 5.32 Å². The Kier molecular flexibility index (Phi) is 4.15. The van der Waals surface area contributed by atoms with Gasteiger partial charge in [0.05, 0.1) is 22.9 Å². The van der Waals surface area contributed by atoms with Crippen molar-refractivity contribution in [3.8, 4) is 5.69 Å². The summed E-state index contributed by atoms with van der Waals surface area (Å²) in [7, 11) is -0.980. The Bertz CT molecular complexity index is 985. The predicted octanol–water partition coefficient (Wildman–Crippen LogP) is 3.54. The highest BCUT2D eigenvalue weighted by atomic mass is 35.5. The average molecular weight is 372 g/mol. The van der Waals surface area contributed by atoms with Gasteiger partial charge in [0.15, 0.2) is 0 Å². The standard InChI is InChI=1S/C18H14ClN3O2S/c19-13-7-4-8-14(9-13)22-17(15-10-25(24)11-16(15)21-22)20-18(23)12-5-2-1-3-6-12/h1-9H,10-11H2,(H,20,23)/t25-/m0/s1. The number of hydrogen-bond acceptors (Lipinski definition) is 3. The van der Waals surface area contributed by atoms with Crippen LogP contribution in [0.2, 0.25) is 5.02 Å². The summed E-state index contributed by atoms with van der Waals surface area (Å²) in [5.74, 6) is 1.11. The van der Waals surface area contributed by atoms with Crippen molar-refractivity contribution in [1.29, 1.82) is 0 Å². The highest BCUT2D eigenvalue weighted by molar-refractivity contribution is 7.83. The number of carbonyl (C=O) groups excluding carboxylic acids is 1. The average Bonchev–Trinajstić information content (AvgIpc) is 3.13. The van der Waals surface area contributed by atoms with Crippen LogP contribution in [-0.4, -0.2) is 19.9 Å². The Labute approximate surface area is 152 Å². The van der Waals surface area contributed by atoms with Gasteiger partial charge in [-0.05, 0) is 30.3 Å². The molecule has 126 valence electrons. The van der Waals surface area contributed by atoms with E-state index in [9.17, 15) is 9.00 Å². The van der Waals surface area contributed by atoms with Gasteiger partial charge in [0.1, 0.15) is 5.82 Å². The molecule has 0 unspecified atom stereocenters. The van der Waals surface area contributed by atoms with Gasteiger partial charge in [0, 0.05) is 26.9 Å². The Hall–Kier alpha value is -2.44. The molecular formula is C18H14ClN3O2S. The molecule has 0 saturated carbocycles. The normalized spacial score (nSPS) is 15.8. The highest BCUT2D eigenvalue weighted by Gasteiger charge is 2.28. The minimum absolute atomic E-state index is 0.232. The molecule has 2 aromatic carbocycles. The second kappa shape index (κ2) is 6.46. The molecule has 1 atom stereocenters. The van der Waals surface area contributed by atoms with E-state index in [4.69, 9.17) is 11.6 Å². The van der Waals surface area contributed by atoms with Crippen LogP contribution in [0.3, 0.4) is 0 Å². The molecule has 1 amide bonds. The number of amides is 1. The van der Waals surface area contributed by atoms with Crippen LogP contribution in [0.15, 0.2) is 54.6 Å². The van der Waals surface area contributed by atoms with Crippen LogP contribution in [0.25, 0.3) is 5.69 Å². The zero-order valence-corrected chi connectivity index (χ0v) is 14.7. The molecule has 1 aliphatic rings. The first-order valence-electron chi connectivity index (χ1n) is 7.70. The largest absolute Gasteiger partial charge is 0.306 e. The highest BCUT2D eigenvalue weighted by Crippen LogP contribution is 2.32. The molecule has 0 spiro atoms. The number of nitrogens with zero attached hydrogens (tertiary/aromatic N) is 2. The smallest absolute Gasteiger partial charge is 0.256 e. The van der Waals surface area contributed by atoms with Crippen molar-refractivity contribution < 1.29 is 9.00 Å².